The molecule has 4 rings (SSSR count). The first kappa shape index (κ1) is 16.7. The van der Waals surface area contributed by atoms with Crippen molar-refractivity contribution in [2.24, 2.45) is 5.10 Å². The summed E-state index contributed by atoms with van der Waals surface area (Å²) in [5.41, 5.74) is 7.04. The van der Waals surface area contributed by atoms with Crippen LogP contribution in [0.2, 0.25) is 0 Å². The van der Waals surface area contributed by atoms with Gasteiger partial charge in [-0.3, -0.25) is 5.43 Å². The van der Waals surface area contributed by atoms with E-state index in [1.807, 2.05) is 26.0 Å². The number of nitriles is 1. The van der Waals surface area contributed by atoms with E-state index in [-0.39, 0.29) is 0 Å². The molecule has 0 bridgehead atoms. The van der Waals surface area contributed by atoms with E-state index in [1.165, 1.54) is 23.3 Å². The highest BCUT2D eigenvalue weighted by atomic mass is 32.1. The number of aryl methyl sites for hydroxylation is 3. The minimum Gasteiger partial charge on any atom is -0.260 e. The van der Waals surface area contributed by atoms with Gasteiger partial charge in [0.2, 0.25) is 0 Å². The van der Waals surface area contributed by atoms with E-state index in [9.17, 15) is 0 Å². The number of hydrogen-bond acceptors (Lipinski definition) is 6. The number of aromatic nitrogens is 2. The van der Waals surface area contributed by atoms with Gasteiger partial charge >= 0.3 is 0 Å². The van der Waals surface area contributed by atoms with Crippen LogP contribution >= 0.6 is 11.3 Å². The summed E-state index contributed by atoms with van der Waals surface area (Å²) in [6.45, 7) is 3.86. The lowest BCUT2D eigenvalue weighted by Crippen LogP contribution is -2.04. The molecule has 2 aromatic heterocycles. The molecule has 1 aromatic carbocycles. The molecule has 3 aromatic rings. The number of nitrogens with one attached hydrogen (secondary N) is 1. The maximum atomic E-state index is 8.92. The van der Waals surface area contributed by atoms with Gasteiger partial charge in [-0.1, -0.05) is 12.1 Å². The lowest BCUT2D eigenvalue weighted by Gasteiger charge is -2.12. The summed E-state index contributed by atoms with van der Waals surface area (Å²) in [4.78, 5) is 11.7. The lowest BCUT2D eigenvalue weighted by molar-refractivity contribution is 0.700. The Morgan fingerprint density at radius 2 is 1.96 bits per heavy atom. The Morgan fingerprint density at radius 3 is 2.73 bits per heavy atom. The van der Waals surface area contributed by atoms with Crippen molar-refractivity contribution in [1.29, 1.82) is 5.26 Å². The minimum atomic E-state index is 0.646. The maximum Gasteiger partial charge on any atom is 0.159 e. The third-order valence-corrected chi connectivity index (χ3v) is 5.87. The summed E-state index contributed by atoms with van der Waals surface area (Å²) < 4.78 is 0. The van der Waals surface area contributed by atoms with E-state index in [1.54, 1.807) is 23.5 Å². The summed E-state index contributed by atoms with van der Waals surface area (Å²) in [6, 6.07) is 9.55. The zero-order valence-electron chi connectivity index (χ0n) is 14.8. The van der Waals surface area contributed by atoms with Crippen molar-refractivity contribution in [2.45, 2.75) is 39.5 Å². The molecule has 1 N–H and O–H groups in total. The van der Waals surface area contributed by atoms with Crippen molar-refractivity contribution in [2.75, 3.05) is 5.43 Å². The second-order valence-electron chi connectivity index (χ2n) is 6.51. The number of nitrogens with zero attached hydrogens (tertiary/aromatic N) is 4. The molecule has 0 aliphatic heterocycles. The van der Waals surface area contributed by atoms with E-state index in [0.29, 0.717) is 5.56 Å². The number of hydrazone groups is 1. The fraction of sp³-hybridized carbons (Fsp3) is 0.300. The summed E-state index contributed by atoms with van der Waals surface area (Å²) in [5.74, 6) is 1.55. The minimum absolute atomic E-state index is 0.646. The molecular formula is C20H19N5S. The topological polar surface area (TPSA) is 74.0 Å². The van der Waals surface area contributed by atoms with Gasteiger partial charge in [-0.05, 0) is 62.8 Å². The van der Waals surface area contributed by atoms with Crippen LogP contribution in [0.3, 0.4) is 0 Å². The van der Waals surface area contributed by atoms with Crippen LogP contribution in [0.1, 0.15) is 47.2 Å². The molecular weight excluding hydrogens is 342 g/mol. The molecule has 130 valence electrons. The SMILES string of the molecule is C/C(=N\Nc1nc(C)nc2sc3c(c12)CCCC3)c1ccc(C#N)cc1. The third kappa shape index (κ3) is 3.06. The fourth-order valence-corrected chi connectivity index (χ4v) is 4.64. The van der Waals surface area contributed by atoms with Crippen LogP contribution in [0.5, 0.6) is 0 Å². The Morgan fingerprint density at radius 1 is 1.19 bits per heavy atom. The third-order valence-electron chi connectivity index (χ3n) is 4.69. The van der Waals surface area contributed by atoms with E-state index in [2.05, 4.69) is 26.6 Å². The van der Waals surface area contributed by atoms with Crippen molar-refractivity contribution in [1.82, 2.24) is 9.97 Å². The largest absolute Gasteiger partial charge is 0.260 e. The molecule has 1 aliphatic carbocycles. The van der Waals surface area contributed by atoms with Gasteiger partial charge in [0.25, 0.3) is 0 Å². The van der Waals surface area contributed by atoms with E-state index < -0.39 is 0 Å². The molecule has 1 aliphatic rings. The molecule has 0 radical (unpaired) electrons. The number of thiophene rings is 1. The first-order chi connectivity index (χ1) is 12.7. The maximum absolute atomic E-state index is 8.92. The molecule has 0 fully saturated rings. The highest BCUT2D eigenvalue weighted by Crippen LogP contribution is 2.38. The first-order valence-corrected chi connectivity index (χ1v) is 9.57. The van der Waals surface area contributed by atoms with Gasteiger partial charge in [0.15, 0.2) is 5.82 Å². The predicted octanol–water partition coefficient (Wildman–Crippen LogP) is 4.59. The highest BCUT2D eigenvalue weighted by molar-refractivity contribution is 7.19. The summed E-state index contributed by atoms with van der Waals surface area (Å²) >= 11 is 1.79. The summed E-state index contributed by atoms with van der Waals surface area (Å²) in [5, 5.41) is 14.6. The van der Waals surface area contributed by atoms with Crippen LogP contribution in [0.15, 0.2) is 29.4 Å². The smallest absolute Gasteiger partial charge is 0.159 e. The van der Waals surface area contributed by atoms with Crippen molar-refractivity contribution in [3.8, 4) is 6.07 Å². The Balaban J connectivity index is 1.70. The average Bonchev–Trinajstić information content (AvgIpc) is 3.04. The van der Waals surface area contributed by atoms with E-state index in [0.717, 1.165) is 46.0 Å². The molecule has 26 heavy (non-hydrogen) atoms. The predicted molar refractivity (Wildman–Crippen MR) is 106 cm³/mol. The van der Waals surface area contributed by atoms with Crippen LogP contribution in [0.25, 0.3) is 10.2 Å². The Labute approximate surface area is 156 Å². The van der Waals surface area contributed by atoms with Gasteiger partial charge in [0, 0.05) is 4.88 Å². The number of anilines is 1. The molecule has 0 unspecified atom stereocenters. The van der Waals surface area contributed by atoms with Gasteiger partial charge in [-0.15, -0.1) is 11.3 Å². The first-order valence-electron chi connectivity index (χ1n) is 8.75. The van der Waals surface area contributed by atoms with Crippen molar-refractivity contribution < 1.29 is 0 Å². The molecule has 0 amide bonds. The molecule has 6 heteroatoms. The van der Waals surface area contributed by atoms with Crippen molar-refractivity contribution >= 4 is 33.1 Å². The zero-order chi connectivity index (χ0) is 18.1. The quantitative estimate of drug-likeness (QED) is 0.547. The summed E-state index contributed by atoms with van der Waals surface area (Å²) in [6.07, 6.45) is 4.71. The van der Waals surface area contributed by atoms with Gasteiger partial charge in [0.05, 0.1) is 22.7 Å². The lowest BCUT2D eigenvalue weighted by atomic mass is 9.97. The van der Waals surface area contributed by atoms with E-state index in [4.69, 9.17) is 5.26 Å². The molecule has 0 saturated heterocycles. The second kappa shape index (κ2) is 6.85. The van der Waals surface area contributed by atoms with Crippen molar-refractivity contribution in [3.05, 3.63) is 51.7 Å². The number of fused-ring (bicyclic) bond motifs is 3. The number of hydrogen-bond donors (Lipinski definition) is 1. The zero-order valence-corrected chi connectivity index (χ0v) is 15.7. The van der Waals surface area contributed by atoms with Crippen molar-refractivity contribution in [3.63, 3.8) is 0 Å². The Kier molecular flexibility index (Phi) is 4.39. The molecule has 0 atom stereocenters. The van der Waals surface area contributed by atoms with Crippen LogP contribution in [-0.2, 0) is 12.8 Å². The molecule has 0 saturated carbocycles. The van der Waals surface area contributed by atoms with Gasteiger partial charge < -0.3 is 0 Å². The van der Waals surface area contributed by atoms with Crippen LogP contribution in [0.4, 0.5) is 5.82 Å². The van der Waals surface area contributed by atoms with Crippen LogP contribution in [-0.4, -0.2) is 15.7 Å². The fourth-order valence-electron chi connectivity index (χ4n) is 3.33. The van der Waals surface area contributed by atoms with Crippen LogP contribution < -0.4 is 5.43 Å². The second-order valence-corrected chi connectivity index (χ2v) is 7.59. The molecule has 2 heterocycles. The monoisotopic (exact) mass is 361 g/mol. The molecule has 0 spiro atoms. The highest BCUT2D eigenvalue weighted by Gasteiger charge is 2.20. The Bertz CT molecular complexity index is 1040. The Hall–Kier alpha value is -2.78. The molecule has 5 nitrogen and oxygen atoms in total. The normalized spacial score (nSPS) is 14.1. The van der Waals surface area contributed by atoms with Gasteiger partial charge in [-0.25, -0.2) is 9.97 Å². The summed E-state index contributed by atoms with van der Waals surface area (Å²) in [7, 11) is 0. The number of rotatable bonds is 3. The average molecular weight is 361 g/mol. The number of benzene rings is 1. The van der Waals surface area contributed by atoms with Crippen LogP contribution in [0, 0.1) is 18.3 Å². The van der Waals surface area contributed by atoms with E-state index >= 15 is 0 Å². The van der Waals surface area contributed by atoms with Gasteiger partial charge in [0.1, 0.15) is 10.7 Å². The van der Waals surface area contributed by atoms with Gasteiger partial charge in [-0.2, -0.15) is 10.4 Å². The standard InChI is InChI=1S/C20H19N5S/c1-12(15-9-7-14(11-21)8-10-15)24-25-19-18-16-5-3-4-6-17(16)26-20(18)23-13(2)22-19/h7-10H,3-6H2,1-2H3,(H,22,23,25)/b24-12+.